The van der Waals surface area contributed by atoms with Crippen LogP contribution in [0.4, 0.5) is 5.69 Å². The number of nitrogens with one attached hydrogen (secondary N) is 1. The molecule has 1 aliphatic heterocycles. The fraction of sp³-hybridized carbons (Fsp3) is 0.455. The van der Waals surface area contributed by atoms with Gasteiger partial charge in [-0.3, -0.25) is 0 Å². The van der Waals surface area contributed by atoms with Crippen LogP contribution in [0.2, 0.25) is 0 Å². The fourth-order valence-corrected chi connectivity index (χ4v) is 1.92. The molecule has 14 heavy (non-hydrogen) atoms. The van der Waals surface area contributed by atoms with Gasteiger partial charge in [-0.15, -0.1) is 0 Å². The van der Waals surface area contributed by atoms with Crippen LogP contribution in [0.5, 0.6) is 5.75 Å². The van der Waals surface area contributed by atoms with Crippen molar-refractivity contribution in [3.05, 3.63) is 23.8 Å². The van der Waals surface area contributed by atoms with E-state index in [0.717, 1.165) is 18.7 Å². The van der Waals surface area contributed by atoms with E-state index in [0.29, 0.717) is 5.92 Å². The van der Waals surface area contributed by atoms with Crippen molar-refractivity contribution in [1.29, 1.82) is 0 Å². The number of methoxy groups -OCH3 is 1. The third-order valence-electron chi connectivity index (χ3n) is 2.72. The summed E-state index contributed by atoms with van der Waals surface area (Å²) in [6, 6.07) is 6.04. The average molecular weight is 193 g/mol. The number of anilines is 1. The maximum atomic E-state index is 8.92. The van der Waals surface area contributed by atoms with Crippen LogP contribution < -0.4 is 10.1 Å². The van der Waals surface area contributed by atoms with Crippen LogP contribution in [0.1, 0.15) is 17.9 Å². The third-order valence-corrected chi connectivity index (χ3v) is 2.72. The Morgan fingerprint density at radius 3 is 3.14 bits per heavy atom. The molecule has 3 nitrogen and oxygen atoms in total. The maximum absolute atomic E-state index is 8.92. The normalized spacial score (nSPS) is 18.9. The van der Waals surface area contributed by atoms with Gasteiger partial charge in [0.05, 0.1) is 7.11 Å². The van der Waals surface area contributed by atoms with Gasteiger partial charge in [0.2, 0.25) is 0 Å². The predicted octanol–water partition coefficient (Wildman–Crippen LogP) is 1.59. The van der Waals surface area contributed by atoms with E-state index in [1.807, 2.05) is 12.1 Å². The van der Waals surface area contributed by atoms with Crippen LogP contribution in [0.15, 0.2) is 18.2 Å². The van der Waals surface area contributed by atoms with Gasteiger partial charge >= 0.3 is 0 Å². The molecular weight excluding hydrogens is 178 g/mol. The molecule has 0 aliphatic carbocycles. The standard InChI is InChI=1S/C11H15NO2/c1-14-9-2-3-11-10(6-9)8(4-5-13)7-12-11/h2-3,6,8,12-13H,4-5,7H2,1H3. The van der Waals surface area contributed by atoms with E-state index in [2.05, 4.69) is 11.4 Å². The lowest BCUT2D eigenvalue weighted by Crippen LogP contribution is -2.03. The monoisotopic (exact) mass is 193 g/mol. The molecule has 1 unspecified atom stereocenters. The number of rotatable bonds is 3. The van der Waals surface area contributed by atoms with Gasteiger partial charge in [0.15, 0.2) is 0 Å². The number of ether oxygens (including phenoxy) is 1. The van der Waals surface area contributed by atoms with Crippen molar-refractivity contribution in [2.24, 2.45) is 0 Å². The number of aliphatic hydroxyl groups excluding tert-OH is 1. The smallest absolute Gasteiger partial charge is 0.119 e. The van der Waals surface area contributed by atoms with Gasteiger partial charge in [0.1, 0.15) is 5.75 Å². The lowest BCUT2D eigenvalue weighted by molar-refractivity contribution is 0.278. The molecule has 0 amide bonds. The maximum Gasteiger partial charge on any atom is 0.119 e. The molecule has 76 valence electrons. The molecule has 0 aromatic heterocycles. The molecule has 0 radical (unpaired) electrons. The van der Waals surface area contributed by atoms with Crippen molar-refractivity contribution in [3.8, 4) is 5.75 Å². The van der Waals surface area contributed by atoms with E-state index >= 15 is 0 Å². The Bertz CT molecular complexity index is 323. The zero-order valence-corrected chi connectivity index (χ0v) is 8.29. The molecule has 0 bridgehead atoms. The zero-order valence-electron chi connectivity index (χ0n) is 8.29. The van der Waals surface area contributed by atoms with E-state index in [9.17, 15) is 0 Å². The summed E-state index contributed by atoms with van der Waals surface area (Å²) in [6.45, 7) is 1.16. The third kappa shape index (κ3) is 1.55. The van der Waals surface area contributed by atoms with Crippen molar-refractivity contribution in [2.45, 2.75) is 12.3 Å². The highest BCUT2D eigenvalue weighted by molar-refractivity contribution is 5.60. The summed E-state index contributed by atoms with van der Waals surface area (Å²) >= 11 is 0. The number of fused-ring (bicyclic) bond motifs is 1. The van der Waals surface area contributed by atoms with Crippen LogP contribution in [-0.4, -0.2) is 25.4 Å². The van der Waals surface area contributed by atoms with Crippen molar-refractivity contribution in [2.75, 3.05) is 25.6 Å². The minimum Gasteiger partial charge on any atom is -0.497 e. The molecule has 2 rings (SSSR count). The highest BCUT2D eigenvalue weighted by atomic mass is 16.5. The van der Waals surface area contributed by atoms with Crippen LogP contribution in [0.25, 0.3) is 0 Å². The van der Waals surface area contributed by atoms with Crippen molar-refractivity contribution < 1.29 is 9.84 Å². The summed E-state index contributed by atoms with van der Waals surface area (Å²) in [5.74, 6) is 1.31. The first-order chi connectivity index (χ1) is 6.85. The van der Waals surface area contributed by atoms with E-state index in [-0.39, 0.29) is 6.61 Å². The zero-order chi connectivity index (χ0) is 9.97. The van der Waals surface area contributed by atoms with Crippen molar-refractivity contribution in [3.63, 3.8) is 0 Å². The Morgan fingerprint density at radius 2 is 2.43 bits per heavy atom. The second kappa shape index (κ2) is 3.88. The lowest BCUT2D eigenvalue weighted by atomic mass is 9.98. The Hall–Kier alpha value is -1.22. The van der Waals surface area contributed by atoms with Gasteiger partial charge in [-0.2, -0.15) is 0 Å². The van der Waals surface area contributed by atoms with Crippen molar-refractivity contribution in [1.82, 2.24) is 0 Å². The minimum atomic E-state index is 0.239. The summed E-state index contributed by atoms with van der Waals surface area (Å²) in [7, 11) is 1.67. The van der Waals surface area contributed by atoms with Gasteiger partial charge < -0.3 is 15.2 Å². The largest absolute Gasteiger partial charge is 0.497 e. The fourth-order valence-electron chi connectivity index (χ4n) is 1.92. The quantitative estimate of drug-likeness (QED) is 0.766. The molecule has 2 N–H and O–H groups in total. The molecule has 1 atom stereocenters. The first-order valence-corrected chi connectivity index (χ1v) is 4.88. The minimum absolute atomic E-state index is 0.239. The van der Waals surface area contributed by atoms with Crippen LogP contribution >= 0.6 is 0 Å². The second-order valence-electron chi connectivity index (χ2n) is 3.54. The lowest BCUT2D eigenvalue weighted by Gasteiger charge is -2.08. The van der Waals surface area contributed by atoms with E-state index in [1.54, 1.807) is 7.11 Å². The predicted molar refractivity (Wildman–Crippen MR) is 55.9 cm³/mol. The van der Waals surface area contributed by atoms with E-state index in [4.69, 9.17) is 9.84 Å². The van der Waals surface area contributed by atoms with Gasteiger partial charge in [-0.25, -0.2) is 0 Å². The second-order valence-corrected chi connectivity index (χ2v) is 3.54. The summed E-state index contributed by atoms with van der Waals surface area (Å²) in [5, 5.41) is 12.2. The first kappa shape index (κ1) is 9.34. The van der Waals surface area contributed by atoms with Gasteiger partial charge in [-0.1, -0.05) is 0 Å². The van der Waals surface area contributed by atoms with Gasteiger partial charge in [0.25, 0.3) is 0 Å². The molecular formula is C11H15NO2. The first-order valence-electron chi connectivity index (χ1n) is 4.88. The van der Waals surface area contributed by atoms with Crippen molar-refractivity contribution >= 4 is 5.69 Å². The highest BCUT2D eigenvalue weighted by Crippen LogP contribution is 2.35. The molecule has 1 heterocycles. The molecule has 1 aromatic rings. The Kier molecular flexibility index (Phi) is 2.59. The van der Waals surface area contributed by atoms with Crippen LogP contribution in [-0.2, 0) is 0 Å². The molecule has 0 saturated carbocycles. The summed E-state index contributed by atoms with van der Waals surface area (Å²) in [4.78, 5) is 0. The average Bonchev–Trinajstić information content (AvgIpc) is 2.61. The van der Waals surface area contributed by atoms with Crippen LogP contribution in [0, 0.1) is 0 Å². The number of aliphatic hydroxyl groups is 1. The topological polar surface area (TPSA) is 41.5 Å². The highest BCUT2D eigenvalue weighted by Gasteiger charge is 2.21. The van der Waals surface area contributed by atoms with Gasteiger partial charge in [-0.05, 0) is 30.2 Å². The molecule has 1 aliphatic rings. The Morgan fingerprint density at radius 1 is 1.57 bits per heavy atom. The molecule has 1 aromatic carbocycles. The van der Waals surface area contributed by atoms with Gasteiger partial charge in [0, 0.05) is 24.8 Å². The summed E-state index contributed by atoms with van der Waals surface area (Å²) < 4.78 is 5.18. The molecule has 0 fully saturated rings. The Labute approximate surface area is 83.7 Å². The van der Waals surface area contributed by atoms with Crippen LogP contribution in [0.3, 0.4) is 0 Å². The Balaban J connectivity index is 2.27. The van der Waals surface area contributed by atoms with E-state index in [1.165, 1.54) is 11.3 Å². The SMILES string of the molecule is COc1ccc2c(c1)C(CCO)CN2. The number of hydrogen-bond acceptors (Lipinski definition) is 3. The number of benzene rings is 1. The summed E-state index contributed by atoms with van der Waals surface area (Å²) in [5.41, 5.74) is 2.43. The molecule has 0 spiro atoms. The van der Waals surface area contributed by atoms with E-state index < -0.39 is 0 Å². The molecule has 0 saturated heterocycles. The molecule has 3 heteroatoms. The number of hydrogen-bond donors (Lipinski definition) is 2. The summed E-state index contributed by atoms with van der Waals surface area (Å²) in [6.07, 6.45) is 0.813.